The maximum absolute atomic E-state index is 4.28. The van der Waals surface area contributed by atoms with Crippen LogP contribution in [-0.4, -0.2) is 16.4 Å². The van der Waals surface area contributed by atoms with E-state index in [-0.39, 0.29) is 5.41 Å². The molecule has 4 nitrogen and oxygen atoms in total. The van der Waals surface area contributed by atoms with Gasteiger partial charge < -0.3 is 0 Å². The highest BCUT2D eigenvalue weighted by Gasteiger charge is 2.12. The van der Waals surface area contributed by atoms with Gasteiger partial charge in [-0.15, -0.1) is 5.10 Å². The molecule has 1 heterocycles. The minimum absolute atomic E-state index is 0.159. The summed E-state index contributed by atoms with van der Waals surface area (Å²) in [5.41, 5.74) is 5.48. The van der Waals surface area contributed by atoms with E-state index in [2.05, 4.69) is 65.8 Å². The number of aromatic nitrogens is 2. The maximum Gasteiger partial charge on any atom is 0.176 e. The summed E-state index contributed by atoms with van der Waals surface area (Å²) in [6, 6.07) is 16.4. The van der Waals surface area contributed by atoms with Crippen LogP contribution in [0.2, 0.25) is 0 Å². The predicted molar refractivity (Wildman–Crippen MR) is 95.9 cm³/mol. The summed E-state index contributed by atoms with van der Waals surface area (Å²) in [7, 11) is 0. The van der Waals surface area contributed by atoms with Gasteiger partial charge >= 0.3 is 0 Å². The van der Waals surface area contributed by atoms with E-state index in [0.717, 1.165) is 16.3 Å². The number of hydrogen-bond acceptors (Lipinski definition) is 4. The van der Waals surface area contributed by atoms with Gasteiger partial charge in [-0.2, -0.15) is 10.2 Å². The predicted octanol–water partition coefficient (Wildman–Crippen LogP) is 4.37. The van der Waals surface area contributed by atoms with Gasteiger partial charge in [0.25, 0.3) is 0 Å². The Bertz CT molecular complexity index is 825. The summed E-state index contributed by atoms with van der Waals surface area (Å²) in [6.07, 6.45) is 3.53. The Kier molecular flexibility index (Phi) is 4.06. The SMILES string of the molecule is CC(C)(C)c1ccc(C=NNc2nncc3ccccc23)cc1. The fourth-order valence-electron chi connectivity index (χ4n) is 2.35. The van der Waals surface area contributed by atoms with Crippen LogP contribution >= 0.6 is 0 Å². The Hall–Kier alpha value is -2.75. The van der Waals surface area contributed by atoms with E-state index in [1.807, 2.05) is 24.3 Å². The van der Waals surface area contributed by atoms with Gasteiger partial charge in [0.1, 0.15) is 0 Å². The van der Waals surface area contributed by atoms with Crippen LogP contribution in [0.25, 0.3) is 10.8 Å². The van der Waals surface area contributed by atoms with Crippen LogP contribution in [0.4, 0.5) is 5.82 Å². The Labute approximate surface area is 136 Å². The second kappa shape index (κ2) is 6.16. The topological polar surface area (TPSA) is 50.2 Å². The Morgan fingerprint density at radius 1 is 1.00 bits per heavy atom. The monoisotopic (exact) mass is 304 g/mol. The number of nitrogens with zero attached hydrogens (tertiary/aromatic N) is 3. The van der Waals surface area contributed by atoms with Crippen LogP contribution < -0.4 is 5.43 Å². The smallest absolute Gasteiger partial charge is 0.176 e. The van der Waals surface area contributed by atoms with Gasteiger partial charge in [-0.25, -0.2) is 0 Å². The zero-order valence-electron chi connectivity index (χ0n) is 13.6. The van der Waals surface area contributed by atoms with Crippen molar-refractivity contribution >= 4 is 22.8 Å². The molecule has 23 heavy (non-hydrogen) atoms. The molecule has 0 bridgehead atoms. The number of fused-ring (bicyclic) bond motifs is 1. The molecule has 1 N–H and O–H groups in total. The third-order valence-corrected chi connectivity index (χ3v) is 3.73. The van der Waals surface area contributed by atoms with E-state index in [9.17, 15) is 0 Å². The molecule has 0 aliphatic heterocycles. The molecule has 3 rings (SSSR count). The molecule has 0 fully saturated rings. The van der Waals surface area contributed by atoms with E-state index in [1.54, 1.807) is 12.4 Å². The quantitative estimate of drug-likeness (QED) is 0.577. The molecule has 116 valence electrons. The van der Waals surface area contributed by atoms with Gasteiger partial charge in [0.15, 0.2) is 5.82 Å². The molecule has 0 saturated carbocycles. The molecule has 0 spiro atoms. The average molecular weight is 304 g/mol. The Morgan fingerprint density at radius 3 is 2.48 bits per heavy atom. The number of rotatable bonds is 3. The van der Waals surface area contributed by atoms with Crippen LogP contribution in [0.5, 0.6) is 0 Å². The largest absolute Gasteiger partial charge is 0.259 e. The third-order valence-electron chi connectivity index (χ3n) is 3.73. The van der Waals surface area contributed by atoms with E-state index in [0.29, 0.717) is 5.82 Å². The van der Waals surface area contributed by atoms with Crippen molar-refractivity contribution in [2.75, 3.05) is 5.43 Å². The summed E-state index contributed by atoms with van der Waals surface area (Å²) in [5.74, 6) is 0.658. The number of hydrogen-bond donors (Lipinski definition) is 1. The molecule has 0 saturated heterocycles. The fraction of sp³-hybridized carbons (Fsp3) is 0.211. The van der Waals surface area contributed by atoms with Crippen molar-refractivity contribution in [1.29, 1.82) is 0 Å². The zero-order chi connectivity index (χ0) is 16.3. The molecule has 0 aliphatic rings. The van der Waals surface area contributed by atoms with Gasteiger partial charge in [-0.05, 0) is 16.5 Å². The van der Waals surface area contributed by atoms with Crippen molar-refractivity contribution in [3.05, 3.63) is 65.9 Å². The van der Waals surface area contributed by atoms with Crippen molar-refractivity contribution in [3.63, 3.8) is 0 Å². The van der Waals surface area contributed by atoms with Crippen LogP contribution in [0, 0.1) is 0 Å². The minimum Gasteiger partial charge on any atom is -0.259 e. The molecular formula is C19H20N4. The van der Waals surface area contributed by atoms with E-state index < -0.39 is 0 Å². The fourth-order valence-corrected chi connectivity index (χ4v) is 2.35. The first-order chi connectivity index (χ1) is 11.0. The summed E-state index contributed by atoms with van der Waals surface area (Å²) >= 11 is 0. The highest BCUT2D eigenvalue weighted by atomic mass is 15.3. The lowest BCUT2D eigenvalue weighted by molar-refractivity contribution is 0.590. The lowest BCUT2D eigenvalue weighted by atomic mass is 9.87. The van der Waals surface area contributed by atoms with E-state index >= 15 is 0 Å². The zero-order valence-corrected chi connectivity index (χ0v) is 13.6. The van der Waals surface area contributed by atoms with Crippen LogP contribution in [-0.2, 0) is 5.41 Å². The van der Waals surface area contributed by atoms with Crippen LogP contribution in [0.15, 0.2) is 59.8 Å². The van der Waals surface area contributed by atoms with Crippen molar-refractivity contribution < 1.29 is 0 Å². The lowest BCUT2D eigenvalue weighted by Crippen LogP contribution is -2.10. The van der Waals surface area contributed by atoms with Crippen molar-refractivity contribution in [2.24, 2.45) is 5.10 Å². The molecule has 1 aromatic heterocycles. The first-order valence-corrected chi connectivity index (χ1v) is 7.64. The summed E-state index contributed by atoms with van der Waals surface area (Å²) < 4.78 is 0. The van der Waals surface area contributed by atoms with Crippen molar-refractivity contribution in [1.82, 2.24) is 10.2 Å². The van der Waals surface area contributed by atoms with E-state index in [4.69, 9.17) is 0 Å². The van der Waals surface area contributed by atoms with Gasteiger partial charge in [0.2, 0.25) is 0 Å². The molecule has 2 aromatic carbocycles. The number of anilines is 1. The summed E-state index contributed by atoms with van der Waals surface area (Å²) in [6.45, 7) is 6.62. The first-order valence-electron chi connectivity index (χ1n) is 7.64. The molecule has 0 amide bonds. The maximum atomic E-state index is 4.28. The molecular weight excluding hydrogens is 284 g/mol. The molecule has 0 radical (unpaired) electrons. The van der Waals surface area contributed by atoms with Gasteiger partial charge in [0.05, 0.1) is 12.4 Å². The minimum atomic E-state index is 0.159. The normalized spacial score (nSPS) is 12.0. The first kappa shape index (κ1) is 15.2. The van der Waals surface area contributed by atoms with Gasteiger partial charge in [-0.3, -0.25) is 5.43 Å². The highest BCUT2D eigenvalue weighted by molar-refractivity contribution is 5.91. The molecule has 4 heteroatoms. The number of hydrazone groups is 1. The van der Waals surface area contributed by atoms with Crippen LogP contribution in [0.1, 0.15) is 31.9 Å². The lowest BCUT2D eigenvalue weighted by Gasteiger charge is -2.18. The van der Waals surface area contributed by atoms with Crippen LogP contribution in [0.3, 0.4) is 0 Å². The van der Waals surface area contributed by atoms with Crippen molar-refractivity contribution in [3.8, 4) is 0 Å². The summed E-state index contributed by atoms with van der Waals surface area (Å²) in [4.78, 5) is 0. The molecule has 0 aliphatic carbocycles. The Morgan fingerprint density at radius 2 is 1.74 bits per heavy atom. The standard InChI is InChI=1S/C19H20N4/c1-19(2,3)16-10-8-14(9-11-16)12-20-22-18-17-7-5-4-6-15(17)13-21-23-18/h4-13H,1-3H3,(H,22,23). The number of nitrogens with one attached hydrogen (secondary N) is 1. The second-order valence-corrected chi connectivity index (χ2v) is 6.52. The molecule has 3 aromatic rings. The molecule has 0 atom stereocenters. The van der Waals surface area contributed by atoms with E-state index in [1.165, 1.54) is 5.56 Å². The van der Waals surface area contributed by atoms with Gasteiger partial charge in [0, 0.05) is 10.8 Å². The Balaban J connectivity index is 1.76. The second-order valence-electron chi connectivity index (χ2n) is 6.52. The van der Waals surface area contributed by atoms with Gasteiger partial charge in [-0.1, -0.05) is 69.3 Å². The number of benzene rings is 2. The average Bonchev–Trinajstić information content (AvgIpc) is 2.55. The molecule has 0 unspecified atom stereocenters. The third kappa shape index (κ3) is 3.54. The summed E-state index contributed by atoms with van der Waals surface area (Å²) in [5, 5.41) is 14.4. The highest BCUT2D eigenvalue weighted by Crippen LogP contribution is 2.22. The van der Waals surface area contributed by atoms with Crippen molar-refractivity contribution in [2.45, 2.75) is 26.2 Å².